The van der Waals surface area contributed by atoms with Gasteiger partial charge < -0.3 is 0 Å². The van der Waals surface area contributed by atoms with Crippen LogP contribution in [0.5, 0.6) is 0 Å². The lowest BCUT2D eigenvalue weighted by Crippen LogP contribution is -2.29. The van der Waals surface area contributed by atoms with Crippen molar-refractivity contribution in [1.29, 1.82) is 0 Å². The first kappa shape index (κ1) is 21.9. The van der Waals surface area contributed by atoms with Crippen molar-refractivity contribution in [3.05, 3.63) is 88.7 Å². The van der Waals surface area contributed by atoms with Crippen LogP contribution in [0.2, 0.25) is 5.02 Å². The fourth-order valence-electron chi connectivity index (χ4n) is 4.31. The third-order valence-corrected chi connectivity index (χ3v) is 6.26. The molecule has 4 heteroatoms. The first-order valence-electron chi connectivity index (χ1n) is 11.5. The van der Waals surface area contributed by atoms with E-state index >= 15 is 0 Å². The van der Waals surface area contributed by atoms with Crippen LogP contribution in [0.3, 0.4) is 0 Å². The Hall–Kier alpha value is -2.36. The summed E-state index contributed by atoms with van der Waals surface area (Å²) >= 11 is 6.01. The summed E-state index contributed by atoms with van der Waals surface area (Å²) in [4.78, 5) is 2.56. The van der Waals surface area contributed by atoms with Crippen molar-refractivity contribution in [1.82, 2.24) is 14.7 Å². The molecule has 1 aliphatic heterocycles. The standard InChI is InChI=1S/C27H32ClN3/c1-2-8-27-21-25(29-31(27)26-10-4-3-5-11-26)9-6-7-18-30-19-16-23(17-20-30)22-12-14-24(28)15-13-22/h3-5,10-16,21H,2,6-9,17-20H2,1H3. The summed E-state index contributed by atoms with van der Waals surface area (Å²) in [5.74, 6) is 0. The molecule has 0 spiro atoms. The average Bonchev–Trinajstić information content (AvgIpc) is 3.21. The van der Waals surface area contributed by atoms with E-state index in [4.69, 9.17) is 16.7 Å². The normalized spacial score (nSPS) is 14.6. The van der Waals surface area contributed by atoms with Crippen LogP contribution in [0.1, 0.15) is 49.6 Å². The number of hydrogen-bond acceptors (Lipinski definition) is 2. The van der Waals surface area contributed by atoms with Crippen LogP contribution in [0.4, 0.5) is 0 Å². The molecule has 1 aromatic heterocycles. The van der Waals surface area contributed by atoms with E-state index in [1.165, 1.54) is 35.4 Å². The lowest BCUT2D eigenvalue weighted by Gasteiger charge is -2.26. The van der Waals surface area contributed by atoms with Crippen LogP contribution in [0.15, 0.2) is 66.7 Å². The molecule has 3 aromatic rings. The Morgan fingerprint density at radius 2 is 1.77 bits per heavy atom. The van der Waals surface area contributed by atoms with Gasteiger partial charge in [0.25, 0.3) is 0 Å². The zero-order valence-corrected chi connectivity index (χ0v) is 19.2. The second-order valence-electron chi connectivity index (χ2n) is 8.37. The molecule has 2 aromatic carbocycles. The van der Waals surface area contributed by atoms with Crippen molar-refractivity contribution in [2.24, 2.45) is 0 Å². The predicted octanol–water partition coefficient (Wildman–Crippen LogP) is 6.59. The summed E-state index contributed by atoms with van der Waals surface area (Å²) in [6.45, 7) is 5.57. The number of halogens is 1. The minimum absolute atomic E-state index is 0.803. The number of benzene rings is 2. The van der Waals surface area contributed by atoms with Crippen LogP contribution in [-0.4, -0.2) is 34.3 Å². The molecule has 2 heterocycles. The van der Waals surface area contributed by atoms with E-state index in [2.05, 4.69) is 71.1 Å². The molecule has 4 rings (SSSR count). The van der Waals surface area contributed by atoms with Gasteiger partial charge in [0.1, 0.15) is 0 Å². The smallest absolute Gasteiger partial charge is 0.0648 e. The lowest BCUT2D eigenvalue weighted by atomic mass is 9.99. The van der Waals surface area contributed by atoms with E-state index in [0.29, 0.717) is 0 Å². The highest BCUT2D eigenvalue weighted by Crippen LogP contribution is 2.24. The SMILES string of the molecule is CCCc1cc(CCCCN2CC=C(c3ccc(Cl)cc3)CC2)nn1-c1ccccc1. The highest BCUT2D eigenvalue weighted by atomic mass is 35.5. The molecular formula is C27H32ClN3. The van der Waals surface area contributed by atoms with Gasteiger partial charge in [-0.25, -0.2) is 4.68 Å². The Kier molecular flexibility index (Phi) is 7.61. The molecule has 0 saturated carbocycles. The van der Waals surface area contributed by atoms with Crippen molar-refractivity contribution in [3.8, 4) is 5.69 Å². The summed E-state index contributed by atoms with van der Waals surface area (Å²) in [5, 5.41) is 5.72. The van der Waals surface area contributed by atoms with E-state index < -0.39 is 0 Å². The minimum atomic E-state index is 0.803. The average molecular weight is 434 g/mol. The highest BCUT2D eigenvalue weighted by molar-refractivity contribution is 6.30. The van der Waals surface area contributed by atoms with Crippen molar-refractivity contribution in [3.63, 3.8) is 0 Å². The molecule has 0 radical (unpaired) electrons. The Labute approximate surface area is 191 Å². The second kappa shape index (κ2) is 10.8. The van der Waals surface area contributed by atoms with Gasteiger partial charge in [-0.2, -0.15) is 5.10 Å². The van der Waals surface area contributed by atoms with E-state index in [0.717, 1.165) is 56.0 Å². The second-order valence-corrected chi connectivity index (χ2v) is 8.80. The first-order valence-corrected chi connectivity index (χ1v) is 11.9. The van der Waals surface area contributed by atoms with Crippen LogP contribution in [0.25, 0.3) is 11.3 Å². The Bertz CT molecular complexity index is 989. The molecule has 162 valence electrons. The number of hydrogen-bond donors (Lipinski definition) is 0. The number of unbranched alkanes of at least 4 members (excludes halogenated alkanes) is 1. The van der Waals surface area contributed by atoms with Gasteiger partial charge in [-0.05, 0) is 80.1 Å². The summed E-state index contributed by atoms with van der Waals surface area (Å²) < 4.78 is 2.13. The molecule has 0 fully saturated rings. The fraction of sp³-hybridized carbons (Fsp3) is 0.370. The Balaban J connectivity index is 1.26. The zero-order valence-electron chi connectivity index (χ0n) is 18.4. The van der Waals surface area contributed by atoms with Gasteiger partial charge in [-0.3, -0.25) is 4.90 Å². The summed E-state index contributed by atoms with van der Waals surface area (Å²) in [7, 11) is 0. The van der Waals surface area contributed by atoms with Gasteiger partial charge in [0.05, 0.1) is 11.4 Å². The van der Waals surface area contributed by atoms with E-state index in [1.54, 1.807) is 0 Å². The van der Waals surface area contributed by atoms with Gasteiger partial charge in [0, 0.05) is 23.8 Å². The van der Waals surface area contributed by atoms with Gasteiger partial charge in [-0.1, -0.05) is 61.4 Å². The van der Waals surface area contributed by atoms with Crippen molar-refractivity contribution in [2.75, 3.05) is 19.6 Å². The number of nitrogens with zero attached hydrogens (tertiary/aromatic N) is 3. The molecule has 0 saturated heterocycles. The van der Waals surface area contributed by atoms with Crippen LogP contribution in [-0.2, 0) is 12.8 Å². The highest BCUT2D eigenvalue weighted by Gasteiger charge is 2.13. The van der Waals surface area contributed by atoms with Gasteiger partial charge >= 0.3 is 0 Å². The van der Waals surface area contributed by atoms with Crippen molar-refractivity contribution in [2.45, 2.75) is 45.4 Å². The van der Waals surface area contributed by atoms with Crippen LogP contribution in [0, 0.1) is 0 Å². The molecular weight excluding hydrogens is 402 g/mol. The molecule has 31 heavy (non-hydrogen) atoms. The maximum absolute atomic E-state index is 6.01. The van der Waals surface area contributed by atoms with Crippen molar-refractivity contribution < 1.29 is 0 Å². The summed E-state index contributed by atoms with van der Waals surface area (Å²) in [5.41, 5.74) is 6.45. The third-order valence-electron chi connectivity index (χ3n) is 6.01. The van der Waals surface area contributed by atoms with Gasteiger partial charge in [-0.15, -0.1) is 0 Å². The summed E-state index contributed by atoms with van der Waals surface area (Å²) in [6.07, 6.45) is 9.15. The topological polar surface area (TPSA) is 21.1 Å². The number of rotatable bonds is 9. The molecule has 0 atom stereocenters. The molecule has 3 nitrogen and oxygen atoms in total. The molecule has 1 aliphatic rings. The quantitative estimate of drug-likeness (QED) is 0.355. The van der Waals surface area contributed by atoms with Crippen LogP contribution < -0.4 is 0 Å². The molecule has 0 aliphatic carbocycles. The maximum Gasteiger partial charge on any atom is 0.0648 e. The molecule has 0 amide bonds. The maximum atomic E-state index is 6.01. The number of aryl methyl sites for hydroxylation is 2. The van der Waals surface area contributed by atoms with Gasteiger partial charge in [0.15, 0.2) is 0 Å². The van der Waals surface area contributed by atoms with E-state index in [9.17, 15) is 0 Å². The zero-order chi connectivity index (χ0) is 21.5. The lowest BCUT2D eigenvalue weighted by molar-refractivity contribution is 0.295. The molecule has 0 unspecified atom stereocenters. The van der Waals surface area contributed by atoms with Gasteiger partial charge in [0.2, 0.25) is 0 Å². The number of aromatic nitrogens is 2. The van der Waals surface area contributed by atoms with Crippen molar-refractivity contribution >= 4 is 17.2 Å². The molecule has 0 bridgehead atoms. The monoisotopic (exact) mass is 433 g/mol. The fourth-order valence-corrected chi connectivity index (χ4v) is 4.43. The first-order chi connectivity index (χ1) is 15.2. The largest absolute Gasteiger partial charge is 0.299 e. The van der Waals surface area contributed by atoms with E-state index in [-0.39, 0.29) is 0 Å². The van der Waals surface area contributed by atoms with E-state index in [1.807, 2.05) is 12.1 Å². The van der Waals surface area contributed by atoms with Crippen LogP contribution >= 0.6 is 11.6 Å². The third kappa shape index (κ3) is 5.87. The Morgan fingerprint density at radius 3 is 2.48 bits per heavy atom. The molecule has 0 N–H and O–H groups in total. The Morgan fingerprint density at radius 1 is 0.968 bits per heavy atom. The minimum Gasteiger partial charge on any atom is -0.299 e. The summed E-state index contributed by atoms with van der Waals surface area (Å²) in [6, 6.07) is 21.0. The number of para-hydroxylation sites is 1. The predicted molar refractivity (Wildman–Crippen MR) is 131 cm³/mol.